The van der Waals surface area contributed by atoms with Crippen LogP contribution in [0.5, 0.6) is 0 Å². The first-order chi connectivity index (χ1) is 7.79. The summed E-state index contributed by atoms with van der Waals surface area (Å²) in [6.45, 7) is 11.5. The molecule has 0 fully saturated rings. The van der Waals surface area contributed by atoms with E-state index in [4.69, 9.17) is 5.11 Å². The molecule has 0 aliphatic carbocycles. The van der Waals surface area contributed by atoms with Crippen LogP contribution in [-0.4, -0.2) is 34.1 Å². The summed E-state index contributed by atoms with van der Waals surface area (Å²) < 4.78 is 0. The molecule has 17 heavy (non-hydrogen) atoms. The van der Waals surface area contributed by atoms with Crippen LogP contribution in [-0.2, 0) is 4.79 Å². The zero-order chi connectivity index (χ0) is 13.5. The van der Waals surface area contributed by atoms with Crippen molar-refractivity contribution in [2.24, 2.45) is 0 Å². The van der Waals surface area contributed by atoms with Crippen LogP contribution >= 0.6 is 0 Å². The highest BCUT2D eigenvalue weighted by molar-refractivity contribution is 5.66. The highest BCUT2D eigenvalue weighted by Crippen LogP contribution is 2.20. The number of unbranched alkanes of at least 4 members (excludes halogenated alkanes) is 2. The summed E-state index contributed by atoms with van der Waals surface area (Å²) >= 11 is 0. The minimum atomic E-state index is -0.708. The molecule has 0 radical (unpaired) electrons. The van der Waals surface area contributed by atoms with Gasteiger partial charge in [-0.3, -0.25) is 9.69 Å². The molecular weight excluding hydrogens is 214 g/mol. The van der Waals surface area contributed by atoms with Gasteiger partial charge in [0.25, 0.3) is 0 Å². The number of nitrogens with zero attached hydrogens (tertiary/aromatic N) is 1. The van der Waals surface area contributed by atoms with Gasteiger partial charge < -0.3 is 5.11 Å². The molecule has 1 atom stereocenters. The Hall–Kier alpha value is -0.570. The first kappa shape index (κ1) is 16.4. The summed E-state index contributed by atoms with van der Waals surface area (Å²) in [5, 5.41) is 8.80. The van der Waals surface area contributed by atoms with E-state index >= 15 is 0 Å². The van der Waals surface area contributed by atoms with Gasteiger partial charge in [-0.05, 0) is 34.1 Å². The van der Waals surface area contributed by atoms with Crippen LogP contribution in [0.1, 0.15) is 66.7 Å². The van der Waals surface area contributed by atoms with Gasteiger partial charge in [-0.15, -0.1) is 0 Å². The van der Waals surface area contributed by atoms with Gasteiger partial charge in [0.15, 0.2) is 0 Å². The molecule has 0 aromatic carbocycles. The van der Waals surface area contributed by atoms with Crippen LogP contribution in [0.3, 0.4) is 0 Å². The fourth-order valence-corrected chi connectivity index (χ4v) is 2.28. The summed E-state index contributed by atoms with van der Waals surface area (Å²) in [5.41, 5.74) is 0.0427. The summed E-state index contributed by atoms with van der Waals surface area (Å²) in [6.07, 6.45) is 5.12. The molecule has 0 saturated heterocycles. The Balaban J connectivity index is 4.30. The lowest BCUT2D eigenvalue weighted by molar-refractivity contribution is -0.137. The maximum absolute atomic E-state index is 10.7. The van der Waals surface area contributed by atoms with E-state index in [1.54, 1.807) is 0 Å². The number of aliphatic carboxylic acids is 1. The molecule has 0 saturated carbocycles. The van der Waals surface area contributed by atoms with Gasteiger partial charge in [0.2, 0.25) is 0 Å². The lowest BCUT2D eigenvalue weighted by Crippen LogP contribution is -2.47. The molecule has 0 aromatic rings. The molecule has 0 aromatic heterocycles. The lowest BCUT2D eigenvalue weighted by atomic mass is 9.99. The Labute approximate surface area is 106 Å². The largest absolute Gasteiger partial charge is 0.481 e. The van der Waals surface area contributed by atoms with E-state index in [9.17, 15) is 4.79 Å². The van der Waals surface area contributed by atoms with Gasteiger partial charge in [-0.2, -0.15) is 0 Å². The molecule has 3 nitrogen and oxygen atoms in total. The lowest BCUT2D eigenvalue weighted by Gasteiger charge is -2.40. The molecule has 0 spiro atoms. The van der Waals surface area contributed by atoms with Gasteiger partial charge in [0, 0.05) is 18.1 Å². The third-order valence-corrected chi connectivity index (χ3v) is 3.19. The van der Waals surface area contributed by atoms with E-state index in [1.807, 2.05) is 0 Å². The number of rotatable bonds is 8. The molecular formula is C14H29NO2. The fourth-order valence-electron chi connectivity index (χ4n) is 2.28. The highest BCUT2D eigenvalue weighted by Gasteiger charge is 2.26. The van der Waals surface area contributed by atoms with Crippen molar-refractivity contribution in [1.29, 1.82) is 0 Å². The minimum Gasteiger partial charge on any atom is -0.481 e. The molecule has 0 rings (SSSR count). The Morgan fingerprint density at radius 1 is 1.29 bits per heavy atom. The average Bonchev–Trinajstić information content (AvgIpc) is 2.15. The number of hydrogen-bond acceptors (Lipinski definition) is 2. The zero-order valence-corrected chi connectivity index (χ0v) is 12.1. The van der Waals surface area contributed by atoms with Crippen LogP contribution in [0.2, 0.25) is 0 Å². The molecule has 3 heteroatoms. The standard InChI is InChI=1S/C14H29NO2/c1-6-7-8-9-12(2)15(14(3,4)5)11-10-13(16)17/h12H,6-11H2,1-5H3,(H,16,17). The molecule has 1 N–H and O–H groups in total. The quantitative estimate of drug-likeness (QED) is 0.663. The zero-order valence-electron chi connectivity index (χ0n) is 12.1. The smallest absolute Gasteiger partial charge is 0.304 e. The van der Waals surface area contributed by atoms with Gasteiger partial charge in [0.1, 0.15) is 0 Å². The van der Waals surface area contributed by atoms with Crippen molar-refractivity contribution >= 4 is 5.97 Å². The normalized spacial score (nSPS) is 14.0. The predicted octanol–water partition coefficient (Wildman–Crippen LogP) is 3.53. The van der Waals surface area contributed by atoms with Crippen molar-refractivity contribution in [2.45, 2.75) is 78.3 Å². The second-order valence-electron chi connectivity index (χ2n) is 5.85. The monoisotopic (exact) mass is 243 g/mol. The van der Waals surface area contributed by atoms with Gasteiger partial charge in [-0.25, -0.2) is 0 Å². The van der Waals surface area contributed by atoms with Crippen molar-refractivity contribution in [3.05, 3.63) is 0 Å². The maximum Gasteiger partial charge on any atom is 0.304 e. The Kier molecular flexibility index (Phi) is 7.44. The van der Waals surface area contributed by atoms with Crippen LogP contribution in [0.25, 0.3) is 0 Å². The number of carboxylic acids is 1. The first-order valence-electron chi connectivity index (χ1n) is 6.77. The second kappa shape index (κ2) is 7.70. The Morgan fingerprint density at radius 3 is 2.29 bits per heavy atom. The van der Waals surface area contributed by atoms with Crippen LogP contribution in [0, 0.1) is 0 Å². The molecule has 0 bridgehead atoms. The highest BCUT2D eigenvalue weighted by atomic mass is 16.4. The molecule has 1 unspecified atom stereocenters. The van der Waals surface area contributed by atoms with Crippen LogP contribution < -0.4 is 0 Å². The van der Waals surface area contributed by atoms with E-state index in [0.717, 1.165) is 6.42 Å². The van der Waals surface area contributed by atoms with Crippen molar-refractivity contribution in [1.82, 2.24) is 4.90 Å². The molecule has 0 heterocycles. The summed E-state index contributed by atoms with van der Waals surface area (Å²) in [7, 11) is 0. The van der Waals surface area contributed by atoms with Gasteiger partial charge >= 0.3 is 5.97 Å². The van der Waals surface area contributed by atoms with Gasteiger partial charge in [-0.1, -0.05) is 26.2 Å². The first-order valence-corrected chi connectivity index (χ1v) is 6.77. The van der Waals surface area contributed by atoms with E-state index in [1.165, 1.54) is 19.3 Å². The fraction of sp³-hybridized carbons (Fsp3) is 0.929. The average molecular weight is 243 g/mol. The third kappa shape index (κ3) is 7.37. The molecule has 0 aliphatic rings. The van der Waals surface area contributed by atoms with Crippen molar-refractivity contribution < 1.29 is 9.90 Å². The van der Waals surface area contributed by atoms with Crippen molar-refractivity contribution in [3.8, 4) is 0 Å². The maximum atomic E-state index is 10.7. The minimum absolute atomic E-state index is 0.0427. The third-order valence-electron chi connectivity index (χ3n) is 3.19. The van der Waals surface area contributed by atoms with Crippen molar-refractivity contribution in [3.63, 3.8) is 0 Å². The van der Waals surface area contributed by atoms with E-state index < -0.39 is 5.97 Å². The second-order valence-corrected chi connectivity index (χ2v) is 5.85. The number of hydrogen-bond donors (Lipinski definition) is 1. The Bertz CT molecular complexity index is 221. The number of carbonyl (C=O) groups is 1. The van der Waals surface area contributed by atoms with E-state index in [2.05, 4.69) is 39.5 Å². The van der Waals surface area contributed by atoms with Gasteiger partial charge in [0.05, 0.1) is 6.42 Å². The summed E-state index contributed by atoms with van der Waals surface area (Å²) in [5.74, 6) is -0.708. The van der Waals surface area contributed by atoms with Crippen LogP contribution in [0.15, 0.2) is 0 Å². The molecule has 0 amide bonds. The molecule has 102 valence electrons. The predicted molar refractivity (Wildman–Crippen MR) is 72.3 cm³/mol. The SMILES string of the molecule is CCCCCC(C)N(CCC(=O)O)C(C)(C)C. The van der Waals surface area contributed by atoms with Crippen LogP contribution in [0.4, 0.5) is 0 Å². The Morgan fingerprint density at radius 2 is 1.88 bits per heavy atom. The van der Waals surface area contributed by atoms with E-state index in [-0.39, 0.29) is 12.0 Å². The summed E-state index contributed by atoms with van der Waals surface area (Å²) in [6, 6.07) is 0.459. The van der Waals surface area contributed by atoms with Crippen molar-refractivity contribution in [2.75, 3.05) is 6.54 Å². The summed E-state index contributed by atoms with van der Waals surface area (Å²) in [4.78, 5) is 13.0. The molecule has 0 aliphatic heterocycles. The van der Waals surface area contributed by atoms with E-state index in [0.29, 0.717) is 12.6 Å². The number of carboxylic acid groups (broad SMARTS) is 1. The topological polar surface area (TPSA) is 40.5 Å².